The summed E-state index contributed by atoms with van der Waals surface area (Å²) in [6, 6.07) is 3.36. The smallest absolute Gasteiger partial charge is 0.323 e. The van der Waals surface area contributed by atoms with Crippen molar-refractivity contribution in [3.05, 3.63) is 22.7 Å². The Balaban J connectivity index is 2.94. The number of benzene rings is 1. The van der Waals surface area contributed by atoms with Gasteiger partial charge in [0.1, 0.15) is 11.8 Å². The molecule has 0 spiro atoms. The monoisotopic (exact) mass is 365 g/mol. The molecule has 8 heteroatoms. The SMILES string of the molecule is CCOC(=O)C(C)NS(=O)(=O)c1ccc(OC)c(Br)c1. The van der Waals surface area contributed by atoms with Crippen LogP contribution in [0.3, 0.4) is 0 Å². The Morgan fingerprint density at radius 2 is 2.10 bits per heavy atom. The highest BCUT2D eigenvalue weighted by atomic mass is 79.9. The predicted molar refractivity (Wildman–Crippen MR) is 77.1 cm³/mol. The molecule has 0 radical (unpaired) electrons. The van der Waals surface area contributed by atoms with Crippen molar-refractivity contribution in [1.29, 1.82) is 0 Å². The summed E-state index contributed by atoms with van der Waals surface area (Å²) in [6.07, 6.45) is 0. The van der Waals surface area contributed by atoms with Crippen LogP contribution in [0.25, 0.3) is 0 Å². The van der Waals surface area contributed by atoms with E-state index in [1.54, 1.807) is 6.92 Å². The second kappa shape index (κ2) is 7.05. The van der Waals surface area contributed by atoms with Crippen LogP contribution in [0.5, 0.6) is 5.75 Å². The summed E-state index contributed by atoms with van der Waals surface area (Å²) in [4.78, 5) is 11.5. The summed E-state index contributed by atoms with van der Waals surface area (Å²) in [5, 5.41) is 0. The second-order valence-electron chi connectivity index (χ2n) is 3.89. The molecule has 1 atom stereocenters. The Hall–Kier alpha value is -1.12. The van der Waals surface area contributed by atoms with E-state index in [9.17, 15) is 13.2 Å². The molecule has 1 unspecified atom stereocenters. The average Bonchev–Trinajstić information content (AvgIpc) is 2.38. The van der Waals surface area contributed by atoms with E-state index in [0.717, 1.165) is 0 Å². The predicted octanol–water partition coefficient (Wildman–Crippen LogP) is 1.69. The highest BCUT2D eigenvalue weighted by Gasteiger charge is 2.23. The van der Waals surface area contributed by atoms with Crippen LogP contribution in [0.1, 0.15) is 13.8 Å². The summed E-state index contributed by atoms with van der Waals surface area (Å²) in [6.45, 7) is 3.27. The molecule has 0 fully saturated rings. The zero-order valence-corrected chi connectivity index (χ0v) is 13.7. The quantitative estimate of drug-likeness (QED) is 0.775. The molecule has 1 aromatic carbocycles. The number of carbonyl (C=O) groups is 1. The van der Waals surface area contributed by atoms with Crippen molar-refractivity contribution in [2.24, 2.45) is 0 Å². The van der Waals surface area contributed by atoms with Gasteiger partial charge in [-0.1, -0.05) is 0 Å². The highest BCUT2D eigenvalue weighted by molar-refractivity contribution is 9.10. The van der Waals surface area contributed by atoms with Crippen LogP contribution >= 0.6 is 15.9 Å². The van der Waals surface area contributed by atoms with E-state index >= 15 is 0 Å². The molecule has 1 aromatic rings. The molecule has 0 saturated carbocycles. The third-order valence-electron chi connectivity index (χ3n) is 2.41. The minimum Gasteiger partial charge on any atom is -0.496 e. The number of nitrogens with one attached hydrogen (secondary N) is 1. The van der Waals surface area contributed by atoms with E-state index in [2.05, 4.69) is 20.7 Å². The summed E-state index contributed by atoms with van der Waals surface area (Å²) in [5.41, 5.74) is 0. The van der Waals surface area contributed by atoms with E-state index < -0.39 is 22.0 Å². The first-order valence-electron chi connectivity index (χ1n) is 5.84. The normalized spacial score (nSPS) is 12.8. The van der Waals surface area contributed by atoms with E-state index in [-0.39, 0.29) is 11.5 Å². The molecule has 0 amide bonds. The maximum atomic E-state index is 12.1. The van der Waals surface area contributed by atoms with Crippen LogP contribution in [0.15, 0.2) is 27.6 Å². The molecule has 1 N–H and O–H groups in total. The van der Waals surface area contributed by atoms with Gasteiger partial charge in [0.15, 0.2) is 0 Å². The van der Waals surface area contributed by atoms with Crippen LogP contribution in [0.2, 0.25) is 0 Å². The number of halogens is 1. The van der Waals surface area contributed by atoms with Gasteiger partial charge in [0.05, 0.1) is 23.1 Å². The Morgan fingerprint density at radius 1 is 1.45 bits per heavy atom. The molecule has 0 aliphatic rings. The summed E-state index contributed by atoms with van der Waals surface area (Å²) in [7, 11) is -2.33. The van der Waals surface area contributed by atoms with Gasteiger partial charge in [0, 0.05) is 0 Å². The summed E-state index contributed by atoms with van der Waals surface area (Å²) >= 11 is 3.21. The van der Waals surface area contributed by atoms with Gasteiger partial charge in [-0.15, -0.1) is 0 Å². The maximum Gasteiger partial charge on any atom is 0.323 e. The van der Waals surface area contributed by atoms with Crippen molar-refractivity contribution < 1.29 is 22.7 Å². The van der Waals surface area contributed by atoms with Crippen molar-refractivity contribution in [2.75, 3.05) is 13.7 Å². The zero-order valence-electron chi connectivity index (χ0n) is 11.3. The van der Waals surface area contributed by atoms with E-state index in [1.807, 2.05) is 0 Å². The van der Waals surface area contributed by atoms with E-state index in [0.29, 0.717) is 10.2 Å². The van der Waals surface area contributed by atoms with Crippen molar-refractivity contribution in [3.63, 3.8) is 0 Å². The van der Waals surface area contributed by atoms with Gasteiger partial charge in [-0.05, 0) is 48.0 Å². The number of sulfonamides is 1. The minimum absolute atomic E-state index is 0.0290. The molecule has 6 nitrogen and oxygen atoms in total. The topological polar surface area (TPSA) is 81.7 Å². The third kappa shape index (κ3) is 4.19. The van der Waals surface area contributed by atoms with Crippen LogP contribution in [0, 0.1) is 0 Å². The first kappa shape index (κ1) is 16.9. The lowest BCUT2D eigenvalue weighted by atomic mass is 10.3. The molecule has 0 saturated heterocycles. The Bertz CT molecular complexity index is 588. The van der Waals surface area contributed by atoms with Crippen molar-refractivity contribution in [2.45, 2.75) is 24.8 Å². The molecule has 0 aliphatic carbocycles. The lowest BCUT2D eigenvalue weighted by molar-refractivity contribution is -0.144. The number of ether oxygens (including phenoxy) is 2. The fraction of sp³-hybridized carbons (Fsp3) is 0.417. The van der Waals surface area contributed by atoms with Gasteiger partial charge in [-0.3, -0.25) is 4.79 Å². The second-order valence-corrected chi connectivity index (χ2v) is 6.46. The molecule has 0 aromatic heterocycles. The van der Waals surface area contributed by atoms with Crippen LogP contribution < -0.4 is 9.46 Å². The summed E-state index contributed by atoms with van der Waals surface area (Å²) < 4.78 is 36.8. The average molecular weight is 366 g/mol. The van der Waals surface area contributed by atoms with Gasteiger partial charge in [0.25, 0.3) is 0 Å². The van der Waals surface area contributed by atoms with E-state index in [1.165, 1.54) is 32.2 Å². The summed E-state index contributed by atoms with van der Waals surface area (Å²) in [5.74, 6) is -0.106. The molecule has 0 aliphatic heterocycles. The molecular formula is C12H16BrNO5S. The molecule has 1 rings (SSSR count). The van der Waals surface area contributed by atoms with Gasteiger partial charge in [-0.25, -0.2) is 8.42 Å². The first-order valence-corrected chi connectivity index (χ1v) is 8.12. The number of carbonyl (C=O) groups excluding carboxylic acids is 1. The van der Waals surface area contributed by atoms with E-state index in [4.69, 9.17) is 9.47 Å². The fourth-order valence-electron chi connectivity index (χ4n) is 1.43. The number of rotatable bonds is 6. The van der Waals surface area contributed by atoms with Crippen LogP contribution in [0.4, 0.5) is 0 Å². The lowest BCUT2D eigenvalue weighted by Crippen LogP contribution is -2.39. The number of methoxy groups -OCH3 is 1. The highest BCUT2D eigenvalue weighted by Crippen LogP contribution is 2.27. The van der Waals surface area contributed by atoms with Crippen LogP contribution in [-0.4, -0.2) is 34.1 Å². The first-order chi connectivity index (χ1) is 9.31. The standard InChI is InChI=1S/C12H16BrNO5S/c1-4-19-12(15)8(2)14-20(16,17)9-5-6-11(18-3)10(13)7-9/h5-8,14H,4H2,1-3H3. The largest absolute Gasteiger partial charge is 0.496 e. The van der Waals surface area contributed by atoms with Gasteiger partial charge >= 0.3 is 5.97 Å². The van der Waals surface area contributed by atoms with Gasteiger partial charge < -0.3 is 9.47 Å². The van der Waals surface area contributed by atoms with Crippen molar-refractivity contribution >= 4 is 31.9 Å². The van der Waals surface area contributed by atoms with Crippen molar-refractivity contribution in [1.82, 2.24) is 4.72 Å². The van der Waals surface area contributed by atoms with Crippen molar-refractivity contribution in [3.8, 4) is 5.75 Å². The number of hydrogen-bond donors (Lipinski definition) is 1. The Kier molecular flexibility index (Phi) is 5.97. The Labute approximate surface area is 126 Å². The fourth-order valence-corrected chi connectivity index (χ4v) is 3.34. The van der Waals surface area contributed by atoms with Gasteiger partial charge in [-0.2, -0.15) is 4.72 Å². The minimum atomic E-state index is -3.81. The maximum absolute atomic E-state index is 12.1. The molecule has 0 bridgehead atoms. The number of esters is 1. The molecule has 20 heavy (non-hydrogen) atoms. The molecular weight excluding hydrogens is 350 g/mol. The van der Waals surface area contributed by atoms with Crippen LogP contribution in [-0.2, 0) is 19.6 Å². The molecule has 0 heterocycles. The lowest BCUT2D eigenvalue weighted by Gasteiger charge is -2.13. The third-order valence-corrected chi connectivity index (χ3v) is 4.56. The van der Waals surface area contributed by atoms with Gasteiger partial charge in [0.2, 0.25) is 10.0 Å². The number of hydrogen-bond acceptors (Lipinski definition) is 5. The molecule has 112 valence electrons. The Morgan fingerprint density at radius 3 is 2.60 bits per heavy atom. The zero-order chi connectivity index (χ0) is 15.3.